The number of carbonyl (C=O) groups excluding carboxylic acids is 1. The molecular formula is C21H24N2O5S. The number of esters is 1. The number of fused-ring (bicyclic) bond motifs is 1. The standard InChI is InChI=1S/C21H24N2O5S/c1-4-27-17-11-7-5-9-15(17)13-28-21(24)19(14(2)3)22-20-16-10-6-8-12-18(16)29(25,26)23-20/h5-12,14,19H,4,13H2,1-3H3,(H,22,23)/t19-/m0/s1. The Labute approximate surface area is 170 Å². The van der Waals surface area contributed by atoms with Crippen LogP contribution in [-0.4, -0.2) is 32.9 Å². The number of para-hydroxylation sites is 1. The van der Waals surface area contributed by atoms with Gasteiger partial charge in [0.25, 0.3) is 10.0 Å². The van der Waals surface area contributed by atoms with Crippen LogP contribution >= 0.6 is 0 Å². The van der Waals surface area contributed by atoms with E-state index in [1.54, 1.807) is 18.2 Å². The number of sulfonamides is 1. The lowest BCUT2D eigenvalue weighted by atomic mass is 10.0. The number of hydrogen-bond donors (Lipinski definition) is 1. The molecule has 0 radical (unpaired) electrons. The SMILES string of the molecule is CCOc1ccccc1COC(=O)[C@@H](N=C1NS(=O)(=O)c2ccccc21)C(C)C. The number of ether oxygens (including phenoxy) is 2. The van der Waals surface area contributed by atoms with Crippen LogP contribution in [0.1, 0.15) is 31.9 Å². The van der Waals surface area contributed by atoms with Gasteiger partial charge in [0.15, 0.2) is 6.04 Å². The number of aliphatic imine (C=N–C) groups is 1. The van der Waals surface area contributed by atoms with E-state index in [0.29, 0.717) is 17.9 Å². The molecule has 8 heteroatoms. The van der Waals surface area contributed by atoms with Crippen molar-refractivity contribution in [1.29, 1.82) is 0 Å². The van der Waals surface area contributed by atoms with Gasteiger partial charge in [0, 0.05) is 11.1 Å². The van der Waals surface area contributed by atoms with Gasteiger partial charge >= 0.3 is 5.97 Å². The molecule has 1 aliphatic rings. The summed E-state index contributed by atoms with van der Waals surface area (Å²) >= 11 is 0. The van der Waals surface area contributed by atoms with Crippen molar-refractivity contribution in [3.05, 3.63) is 59.7 Å². The second kappa shape index (κ2) is 8.65. The van der Waals surface area contributed by atoms with Crippen LogP contribution in [0.5, 0.6) is 5.75 Å². The maximum Gasteiger partial charge on any atom is 0.331 e. The van der Waals surface area contributed by atoms with Gasteiger partial charge in [-0.3, -0.25) is 9.71 Å². The summed E-state index contributed by atoms with van der Waals surface area (Å²) < 4.78 is 38.0. The van der Waals surface area contributed by atoms with Crippen molar-refractivity contribution < 1.29 is 22.7 Å². The van der Waals surface area contributed by atoms with Gasteiger partial charge in [0.05, 0.1) is 11.5 Å². The van der Waals surface area contributed by atoms with E-state index in [2.05, 4.69) is 9.71 Å². The average molecular weight is 416 g/mol. The molecule has 0 aromatic heterocycles. The van der Waals surface area contributed by atoms with Crippen molar-refractivity contribution in [3.63, 3.8) is 0 Å². The Morgan fingerprint density at radius 3 is 2.52 bits per heavy atom. The van der Waals surface area contributed by atoms with Crippen LogP contribution in [0.15, 0.2) is 58.4 Å². The maximum absolute atomic E-state index is 12.7. The molecule has 0 amide bonds. The fourth-order valence-electron chi connectivity index (χ4n) is 3.00. The number of amidine groups is 1. The third-order valence-electron chi connectivity index (χ3n) is 4.45. The predicted molar refractivity (Wildman–Crippen MR) is 109 cm³/mol. The Morgan fingerprint density at radius 2 is 1.79 bits per heavy atom. The fourth-order valence-corrected chi connectivity index (χ4v) is 4.24. The number of hydrogen-bond acceptors (Lipinski definition) is 6. The number of nitrogens with zero attached hydrogens (tertiary/aromatic N) is 1. The molecular weight excluding hydrogens is 392 g/mol. The summed E-state index contributed by atoms with van der Waals surface area (Å²) in [7, 11) is -3.67. The van der Waals surface area contributed by atoms with Crippen molar-refractivity contribution in [2.75, 3.05) is 6.61 Å². The monoisotopic (exact) mass is 416 g/mol. The minimum atomic E-state index is -3.67. The van der Waals surface area contributed by atoms with Gasteiger partial charge in [-0.05, 0) is 31.0 Å². The second-order valence-corrected chi connectivity index (χ2v) is 8.57. The molecule has 0 aliphatic carbocycles. The normalized spacial score (nSPS) is 16.9. The summed E-state index contributed by atoms with van der Waals surface area (Å²) in [5.41, 5.74) is 1.21. The zero-order chi connectivity index (χ0) is 21.0. The van der Waals surface area contributed by atoms with Crippen LogP contribution in [0.2, 0.25) is 0 Å². The van der Waals surface area contributed by atoms with E-state index in [-0.39, 0.29) is 23.3 Å². The summed E-state index contributed by atoms with van der Waals surface area (Å²) in [6.45, 7) is 6.10. The molecule has 1 atom stereocenters. The highest BCUT2D eigenvalue weighted by molar-refractivity contribution is 7.90. The Kier molecular flexibility index (Phi) is 6.22. The minimum absolute atomic E-state index is 0.0470. The lowest BCUT2D eigenvalue weighted by Crippen LogP contribution is -2.31. The first-order valence-electron chi connectivity index (χ1n) is 9.41. The Hall–Kier alpha value is -2.87. The van der Waals surface area contributed by atoms with Crippen molar-refractivity contribution >= 4 is 21.8 Å². The molecule has 29 heavy (non-hydrogen) atoms. The molecule has 154 valence electrons. The maximum atomic E-state index is 12.7. The molecule has 2 aromatic rings. The van der Waals surface area contributed by atoms with E-state index in [0.717, 1.165) is 5.56 Å². The van der Waals surface area contributed by atoms with Crippen LogP contribution in [0.3, 0.4) is 0 Å². The molecule has 0 unspecified atom stereocenters. The highest BCUT2D eigenvalue weighted by Crippen LogP contribution is 2.24. The van der Waals surface area contributed by atoms with Crippen LogP contribution in [0.25, 0.3) is 0 Å². The molecule has 1 N–H and O–H groups in total. The fraction of sp³-hybridized carbons (Fsp3) is 0.333. The Bertz CT molecular complexity index is 1030. The van der Waals surface area contributed by atoms with Crippen LogP contribution in [-0.2, 0) is 26.2 Å². The van der Waals surface area contributed by atoms with Gasteiger partial charge in [-0.15, -0.1) is 0 Å². The van der Waals surface area contributed by atoms with E-state index in [1.165, 1.54) is 6.07 Å². The molecule has 0 saturated heterocycles. The van der Waals surface area contributed by atoms with Crippen molar-refractivity contribution in [1.82, 2.24) is 4.72 Å². The number of carbonyl (C=O) groups is 1. The van der Waals surface area contributed by atoms with Crippen LogP contribution in [0.4, 0.5) is 0 Å². The van der Waals surface area contributed by atoms with Gasteiger partial charge in [0.2, 0.25) is 0 Å². The molecule has 3 rings (SSSR count). The largest absolute Gasteiger partial charge is 0.493 e. The average Bonchev–Trinajstić information content (AvgIpc) is 2.95. The summed E-state index contributed by atoms with van der Waals surface area (Å²) in [6, 6.07) is 13.0. The quantitative estimate of drug-likeness (QED) is 0.701. The molecule has 0 fully saturated rings. The molecule has 1 heterocycles. The second-order valence-electron chi connectivity index (χ2n) is 6.92. The van der Waals surface area contributed by atoms with E-state index in [9.17, 15) is 13.2 Å². The molecule has 0 saturated carbocycles. The topological polar surface area (TPSA) is 94.1 Å². The number of nitrogens with one attached hydrogen (secondary N) is 1. The molecule has 0 bridgehead atoms. The molecule has 1 aliphatic heterocycles. The summed E-state index contributed by atoms with van der Waals surface area (Å²) in [5, 5.41) is 0. The van der Waals surface area contributed by atoms with Gasteiger partial charge < -0.3 is 9.47 Å². The highest BCUT2D eigenvalue weighted by Gasteiger charge is 2.33. The van der Waals surface area contributed by atoms with Crippen LogP contribution < -0.4 is 9.46 Å². The Balaban J connectivity index is 1.81. The number of benzene rings is 2. The number of rotatable bonds is 7. The summed E-state index contributed by atoms with van der Waals surface area (Å²) in [6.07, 6.45) is 0. The van der Waals surface area contributed by atoms with Crippen molar-refractivity contribution in [3.8, 4) is 5.75 Å². The van der Waals surface area contributed by atoms with Crippen molar-refractivity contribution in [2.24, 2.45) is 10.9 Å². The van der Waals surface area contributed by atoms with Gasteiger partial charge in [-0.25, -0.2) is 13.2 Å². The third-order valence-corrected chi connectivity index (χ3v) is 5.84. The van der Waals surface area contributed by atoms with E-state index >= 15 is 0 Å². The zero-order valence-corrected chi connectivity index (χ0v) is 17.4. The smallest absolute Gasteiger partial charge is 0.331 e. The summed E-state index contributed by atoms with van der Waals surface area (Å²) in [5.74, 6) is 0.107. The molecule has 2 aromatic carbocycles. The van der Waals surface area contributed by atoms with Gasteiger partial charge in [-0.2, -0.15) is 0 Å². The first-order valence-corrected chi connectivity index (χ1v) is 10.9. The van der Waals surface area contributed by atoms with E-state index < -0.39 is 22.0 Å². The minimum Gasteiger partial charge on any atom is -0.493 e. The molecule has 7 nitrogen and oxygen atoms in total. The lowest BCUT2D eigenvalue weighted by molar-refractivity contribution is -0.147. The van der Waals surface area contributed by atoms with Gasteiger partial charge in [-0.1, -0.05) is 44.2 Å². The summed E-state index contributed by atoms with van der Waals surface area (Å²) in [4.78, 5) is 17.3. The van der Waals surface area contributed by atoms with Gasteiger partial charge in [0.1, 0.15) is 18.2 Å². The zero-order valence-electron chi connectivity index (χ0n) is 16.6. The van der Waals surface area contributed by atoms with Crippen LogP contribution in [0, 0.1) is 5.92 Å². The first kappa shape index (κ1) is 20.9. The predicted octanol–water partition coefficient (Wildman–Crippen LogP) is 2.89. The van der Waals surface area contributed by atoms with E-state index in [4.69, 9.17) is 9.47 Å². The lowest BCUT2D eigenvalue weighted by Gasteiger charge is -2.17. The van der Waals surface area contributed by atoms with Crippen molar-refractivity contribution in [2.45, 2.75) is 38.3 Å². The molecule has 0 spiro atoms. The highest BCUT2D eigenvalue weighted by atomic mass is 32.2. The Morgan fingerprint density at radius 1 is 1.10 bits per heavy atom. The first-order chi connectivity index (χ1) is 13.8. The third kappa shape index (κ3) is 4.59. The van der Waals surface area contributed by atoms with E-state index in [1.807, 2.05) is 45.0 Å².